The topological polar surface area (TPSA) is 70.5 Å². The fourth-order valence-electron chi connectivity index (χ4n) is 5.03. The molecule has 1 aromatic heterocycles. The zero-order valence-corrected chi connectivity index (χ0v) is 19.3. The summed E-state index contributed by atoms with van der Waals surface area (Å²) in [6, 6.07) is 11.8. The number of amides is 1. The molecule has 1 saturated carbocycles. The van der Waals surface area contributed by atoms with Crippen molar-refractivity contribution >= 4 is 39.4 Å². The van der Waals surface area contributed by atoms with Crippen molar-refractivity contribution in [1.29, 1.82) is 0 Å². The molecular weight excluding hydrogens is 420 g/mol. The summed E-state index contributed by atoms with van der Waals surface area (Å²) in [5, 5.41) is 12.1. The van der Waals surface area contributed by atoms with Gasteiger partial charge in [0, 0.05) is 29.5 Å². The molecule has 1 amide bonds. The van der Waals surface area contributed by atoms with E-state index in [1.54, 1.807) is 25.2 Å². The highest BCUT2D eigenvalue weighted by Gasteiger charge is 2.32. The van der Waals surface area contributed by atoms with Gasteiger partial charge in [0.1, 0.15) is 6.29 Å². The Hall–Kier alpha value is -2.57. The van der Waals surface area contributed by atoms with Crippen molar-refractivity contribution in [3.8, 4) is 0 Å². The highest BCUT2D eigenvalue weighted by Crippen LogP contribution is 2.42. The Balaban J connectivity index is 1.55. The highest BCUT2D eigenvalue weighted by molar-refractivity contribution is 7.18. The third kappa shape index (κ3) is 3.76. The van der Waals surface area contributed by atoms with Crippen LogP contribution in [0.1, 0.15) is 71.9 Å². The standard InChI is InChI=1S/C26H28N2O3S/c1-26(2,31)20-13-21-23(32-24(27-21)18-9-7-16(15-29)8-10-18)14-22(20)28-12-11-17-5-3-4-6-19(17)25(28)30/h3-6,13-16,18,31H,7-12H2,1-2H3. The molecule has 0 saturated heterocycles. The second-order valence-corrected chi connectivity index (χ2v) is 10.6. The Kier molecular flexibility index (Phi) is 5.38. The van der Waals surface area contributed by atoms with Gasteiger partial charge < -0.3 is 14.8 Å². The number of nitrogens with zero attached hydrogens (tertiary/aromatic N) is 2. The molecule has 2 aromatic carbocycles. The largest absolute Gasteiger partial charge is 0.386 e. The third-order valence-electron chi connectivity index (χ3n) is 6.88. The minimum Gasteiger partial charge on any atom is -0.386 e. The molecular formula is C26H28N2O3S. The average molecular weight is 449 g/mol. The summed E-state index contributed by atoms with van der Waals surface area (Å²) in [5.41, 5.74) is 3.06. The molecule has 1 fully saturated rings. The summed E-state index contributed by atoms with van der Waals surface area (Å²) in [6.45, 7) is 4.10. The van der Waals surface area contributed by atoms with E-state index >= 15 is 0 Å². The van der Waals surface area contributed by atoms with Crippen molar-refractivity contribution in [2.75, 3.05) is 11.4 Å². The van der Waals surface area contributed by atoms with Crippen LogP contribution >= 0.6 is 11.3 Å². The minimum absolute atomic E-state index is 0.0198. The van der Waals surface area contributed by atoms with E-state index in [1.165, 1.54) is 0 Å². The molecule has 2 heterocycles. The number of aldehydes is 1. The smallest absolute Gasteiger partial charge is 0.258 e. The second kappa shape index (κ2) is 8.09. The molecule has 0 bridgehead atoms. The van der Waals surface area contributed by atoms with E-state index in [9.17, 15) is 14.7 Å². The van der Waals surface area contributed by atoms with Crippen LogP contribution in [0.25, 0.3) is 10.2 Å². The summed E-state index contributed by atoms with van der Waals surface area (Å²) >= 11 is 1.68. The van der Waals surface area contributed by atoms with Gasteiger partial charge in [0.25, 0.3) is 5.91 Å². The zero-order valence-electron chi connectivity index (χ0n) is 18.5. The Morgan fingerprint density at radius 3 is 2.62 bits per heavy atom. The Labute approximate surface area is 192 Å². The van der Waals surface area contributed by atoms with Gasteiger partial charge in [-0.1, -0.05) is 18.2 Å². The number of benzene rings is 2. The van der Waals surface area contributed by atoms with Crippen LogP contribution in [0.4, 0.5) is 5.69 Å². The van der Waals surface area contributed by atoms with E-state index in [1.807, 2.05) is 41.3 Å². The van der Waals surface area contributed by atoms with Crippen LogP contribution in [0.15, 0.2) is 36.4 Å². The van der Waals surface area contributed by atoms with Gasteiger partial charge in [-0.15, -0.1) is 11.3 Å². The van der Waals surface area contributed by atoms with Crippen LogP contribution in [0.3, 0.4) is 0 Å². The van der Waals surface area contributed by atoms with Crippen molar-refractivity contribution < 1.29 is 14.7 Å². The fourth-order valence-corrected chi connectivity index (χ4v) is 6.18. The lowest BCUT2D eigenvalue weighted by Crippen LogP contribution is -2.39. The lowest BCUT2D eigenvalue weighted by atomic mass is 9.83. The van der Waals surface area contributed by atoms with Gasteiger partial charge in [0.15, 0.2) is 0 Å². The van der Waals surface area contributed by atoms with E-state index in [0.29, 0.717) is 12.5 Å². The van der Waals surface area contributed by atoms with E-state index in [2.05, 4.69) is 0 Å². The van der Waals surface area contributed by atoms with Crippen LogP contribution in [-0.2, 0) is 16.8 Å². The molecule has 0 atom stereocenters. The van der Waals surface area contributed by atoms with E-state index in [0.717, 1.165) is 76.0 Å². The van der Waals surface area contributed by atoms with Crippen molar-refractivity contribution in [2.24, 2.45) is 5.92 Å². The Morgan fingerprint density at radius 2 is 1.91 bits per heavy atom. The molecule has 5 nitrogen and oxygen atoms in total. The van der Waals surface area contributed by atoms with Crippen molar-refractivity contribution in [3.63, 3.8) is 0 Å². The lowest BCUT2D eigenvalue weighted by Gasteiger charge is -2.33. The molecule has 1 N–H and O–H groups in total. The number of aromatic nitrogens is 1. The maximum absolute atomic E-state index is 13.3. The first kappa shape index (κ1) is 21.3. The number of anilines is 1. The number of hydrogen-bond acceptors (Lipinski definition) is 5. The van der Waals surface area contributed by atoms with Crippen LogP contribution in [0, 0.1) is 5.92 Å². The molecule has 3 aromatic rings. The molecule has 1 aliphatic heterocycles. The van der Waals surface area contributed by atoms with Crippen LogP contribution in [0.5, 0.6) is 0 Å². The molecule has 0 spiro atoms. The van der Waals surface area contributed by atoms with Gasteiger partial charge in [0.05, 0.1) is 26.5 Å². The van der Waals surface area contributed by atoms with Crippen molar-refractivity contribution in [2.45, 2.75) is 57.5 Å². The van der Waals surface area contributed by atoms with Crippen molar-refractivity contribution in [1.82, 2.24) is 4.98 Å². The van der Waals surface area contributed by atoms with E-state index in [-0.39, 0.29) is 11.8 Å². The van der Waals surface area contributed by atoms with Gasteiger partial charge >= 0.3 is 0 Å². The number of carbonyl (C=O) groups is 2. The predicted molar refractivity (Wildman–Crippen MR) is 127 cm³/mol. The Morgan fingerprint density at radius 1 is 1.16 bits per heavy atom. The number of rotatable bonds is 4. The minimum atomic E-state index is -1.10. The molecule has 0 unspecified atom stereocenters. The normalized spacial score (nSPS) is 21.6. The Bertz CT molecular complexity index is 1190. The number of hydrogen-bond donors (Lipinski definition) is 1. The second-order valence-electron chi connectivity index (χ2n) is 9.56. The van der Waals surface area contributed by atoms with Gasteiger partial charge in [-0.3, -0.25) is 4.79 Å². The highest BCUT2D eigenvalue weighted by atomic mass is 32.1. The molecule has 1 aliphatic carbocycles. The number of thiazole rings is 1. The number of aliphatic hydroxyl groups is 1. The van der Waals surface area contributed by atoms with E-state index < -0.39 is 5.60 Å². The summed E-state index contributed by atoms with van der Waals surface area (Å²) < 4.78 is 1.03. The molecule has 5 rings (SSSR count). The molecule has 6 heteroatoms. The van der Waals surface area contributed by atoms with Crippen LogP contribution in [-0.4, -0.2) is 28.8 Å². The molecule has 32 heavy (non-hydrogen) atoms. The van der Waals surface area contributed by atoms with Gasteiger partial charge in [-0.25, -0.2) is 4.98 Å². The van der Waals surface area contributed by atoms with Crippen LogP contribution < -0.4 is 4.90 Å². The third-order valence-corrected chi connectivity index (χ3v) is 8.06. The molecule has 0 radical (unpaired) electrons. The summed E-state index contributed by atoms with van der Waals surface area (Å²) in [5.74, 6) is 0.539. The number of fused-ring (bicyclic) bond motifs is 2. The van der Waals surface area contributed by atoms with Gasteiger partial charge in [0.2, 0.25) is 0 Å². The summed E-state index contributed by atoms with van der Waals surface area (Å²) in [4.78, 5) is 31.2. The summed E-state index contributed by atoms with van der Waals surface area (Å²) in [7, 11) is 0. The monoisotopic (exact) mass is 448 g/mol. The van der Waals surface area contributed by atoms with Gasteiger partial charge in [-0.2, -0.15) is 0 Å². The lowest BCUT2D eigenvalue weighted by molar-refractivity contribution is -0.111. The first-order valence-electron chi connectivity index (χ1n) is 11.4. The quantitative estimate of drug-likeness (QED) is 0.557. The zero-order chi connectivity index (χ0) is 22.5. The maximum Gasteiger partial charge on any atom is 0.258 e. The summed E-state index contributed by atoms with van der Waals surface area (Å²) in [6.07, 6.45) is 5.69. The SMILES string of the molecule is CC(C)(O)c1cc2nc(C3CCC(C=O)CC3)sc2cc1N1CCc2ccccc2C1=O. The number of carbonyl (C=O) groups excluding carboxylic acids is 2. The predicted octanol–water partition coefficient (Wildman–Crippen LogP) is 5.20. The van der Waals surface area contributed by atoms with E-state index in [4.69, 9.17) is 4.98 Å². The first-order valence-corrected chi connectivity index (χ1v) is 12.2. The average Bonchev–Trinajstić information content (AvgIpc) is 3.21. The van der Waals surface area contributed by atoms with Gasteiger partial charge in [-0.05, 0) is 69.7 Å². The fraction of sp³-hybridized carbons (Fsp3) is 0.423. The van der Waals surface area contributed by atoms with Crippen LogP contribution in [0.2, 0.25) is 0 Å². The first-order chi connectivity index (χ1) is 15.3. The maximum atomic E-state index is 13.3. The van der Waals surface area contributed by atoms with Crippen molar-refractivity contribution in [3.05, 3.63) is 58.1 Å². The molecule has 2 aliphatic rings. The molecule has 166 valence electrons.